The molecule has 0 spiro atoms. The molecule has 4 aliphatic rings. The molecule has 2 saturated heterocycles. The molecule has 3 atom stereocenters. The fourth-order valence-electron chi connectivity index (χ4n) is 5.93. The van der Waals surface area contributed by atoms with Gasteiger partial charge in [-0.2, -0.15) is 0 Å². The molecular weight excluding hydrogens is 334 g/mol. The largest absolute Gasteiger partial charge is 0.368 e. The topological polar surface area (TPSA) is 26.8 Å². The van der Waals surface area contributed by atoms with Crippen LogP contribution < -0.4 is 4.90 Å². The molecule has 1 unspecified atom stereocenters. The zero-order chi connectivity index (χ0) is 18.5. The maximum atomic E-state index is 13.1. The van der Waals surface area contributed by atoms with E-state index in [9.17, 15) is 4.79 Å². The molecule has 1 amide bonds. The number of hydrogen-bond donors (Lipinski definition) is 0. The summed E-state index contributed by atoms with van der Waals surface area (Å²) in [5, 5.41) is 0. The van der Waals surface area contributed by atoms with E-state index in [1.54, 1.807) is 0 Å². The van der Waals surface area contributed by atoms with E-state index in [0.29, 0.717) is 23.7 Å². The monoisotopic (exact) mass is 367 g/mol. The standard InChI is InChI=1S/C23H33N3O/c1-16-7-8-17(2)21(13-16)24-9-11-25(12-10-24)23(27)22-19-14-26(15-20(19)22)18-5-3-4-6-18/h7-8,13,18-20,22H,3-6,9-12,14-15H2,1-2H3/t19-,20+,22?. The zero-order valence-electron chi connectivity index (χ0n) is 16.9. The number of piperidine rings is 1. The van der Waals surface area contributed by atoms with Gasteiger partial charge in [-0.05, 0) is 55.7 Å². The summed E-state index contributed by atoms with van der Waals surface area (Å²) in [6, 6.07) is 7.51. The van der Waals surface area contributed by atoms with Gasteiger partial charge in [0.2, 0.25) is 5.91 Å². The van der Waals surface area contributed by atoms with Crippen molar-refractivity contribution in [3.63, 3.8) is 0 Å². The van der Waals surface area contributed by atoms with Gasteiger partial charge < -0.3 is 9.80 Å². The molecule has 4 fully saturated rings. The molecule has 27 heavy (non-hydrogen) atoms. The van der Waals surface area contributed by atoms with Crippen LogP contribution in [-0.4, -0.2) is 61.0 Å². The average Bonchev–Trinajstić information content (AvgIpc) is 3.09. The van der Waals surface area contributed by atoms with Crippen LogP contribution in [0.2, 0.25) is 0 Å². The third-order valence-electron chi connectivity index (χ3n) is 7.65. The minimum Gasteiger partial charge on any atom is -0.368 e. The average molecular weight is 368 g/mol. The van der Waals surface area contributed by atoms with Crippen LogP contribution in [0, 0.1) is 31.6 Å². The van der Waals surface area contributed by atoms with Gasteiger partial charge in [-0.25, -0.2) is 0 Å². The first-order valence-corrected chi connectivity index (χ1v) is 11.0. The van der Waals surface area contributed by atoms with Gasteiger partial charge in [0, 0.05) is 56.9 Å². The fraction of sp³-hybridized carbons (Fsp3) is 0.696. The molecule has 5 rings (SSSR count). The minimum atomic E-state index is 0.343. The van der Waals surface area contributed by atoms with Crippen molar-refractivity contribution in [2.45, 2.75) is 45.6 Å². The summed E-state index contributed by atoms with van der Waals surface area (Å²) < 4.78 is 0. The van der Waals surface area contributed by atoms with Crippen molar-refractivity contribution in [1.29, 1.82) is 0 Å². The van der Waals surface area contributed by atoms with Crippen molar-refractivity contribution in [1.82, 2.24) is 9.80 Å². The number of piperazine rings is 1. The predicted molar refractivity (Wildman–Crippen MR) is 109 cm³/mol. The number of carbonyl (C=O) groups is 1. The summed E-state index contributed by atoms with van der Waals surface area (Å²) in [7, 11) is 0. The normalized spacial score (nSPS) is 31.4. The van der Waals surface area contributed by atoms with Crippen LogP contribution in [0.25, 0.3) is 0 Å². The van der Waals surface area contributed by atoms with Crippen LogP contribution in [0.1, 0.15) is 36.8 Å². The van der Waals surface area contributed by atoms with Crippen LogP contribution in [0.15, 0.2) is 18.2 Å². The Morgan fingerprint density at radius 3 is 2.30 bits per heavy atom. The number of rotatable bonds is 3. The van der Waals surface area contributed by atoms with Crippen LogP contribution in [0.3, 0.4) is 0 Å². The summed E-state index contributed by atoms with van der Waals surface area (Å²) in [5.74, 6) is 2.12. The molecule has 0 radical (unpaired) electrons. The Kier molecular flexibility index (Phi) is 4.42. The van der Waals surface area contributed by atoms with Crippen molar-refractivity contribution < 1.29 is 4.79 Å². The minimum absolute atomic E-state index is 0.343. The number of carbonyl (C=O) groups excluding carboxylic acids is 1. The number of benzene rings is 1. The van der Waals surface area contributed by atoms with Gasteiger partial charge in [-0.3, -0.25) is 9.69 Å². The Labute approximate surface area is 163 Å². The summed E-state index contributed by atoms with van der Waals surface area (Å²) in [6.45, 7) is 10.4. The highest BCUT2D eigenvalue weighted by atomic mass is 16.2. The van der Waals surface area contributed by atoms with Crippen LogP contribution in [0.5, 0.6) is 0 Å². The molecular formula is C23H33N3O. The van der Waals surface area contributed by atoms with E-state index in [4.69, 9.17) is 0 Å². The van der Waals surface area contributed by atoms with Crippen LogP contribution >= 0.6 is 0 Å². The van der Waals surface area contributed by atoms with Gasteiger partial charge in [-0.1, -0.05) is 25.0 Å². The maximum absolute atomic E-state index is 13.1. The fourth-order valence-corrected chi connectivity index (χ4v) is 5.93. The lowest BCUT2D eigenvalue weighted by Gasteiger charge is -2.37. The molecule has 2 aliphatic heterocycles. The Bertz CT molecular complexity index is 706. The first-order valence-electron chi connectivity index (χ1n) is 11.0. The van der Waals surface area contributed by atoms with Crippen molar-refractivity contribution >= 4 is 11.6 Å². The highest BCUT2D eigenvalue weighted by Gasteiger charge is 2.60. The second-order valence-corrected chi connectivity index (χ2v) is 9.35. The van der Waals surface area contributed by atoms with Gasteiger partial charge >= 0.3 is 0 Å². The van der Waals surface area contributed by atoms with Crippen molar-refractivity contribution in [2.75, 3.05) is 44.2 Å². The summed E-state index contributed by atoms with van der Waals surface area (Å²) in [6.07, 6.45) is 5.59. The van der Waals surface area contributed by atoms with E-state index in [2.05, 4.69) is 46.7 Å². The number of likely N-dealkylation sites (tertiary alicyclic amines) is 1. The van der Waals surface area contributed by atoms with Gasteiger partial charge in [0.15, 0.2) is 0 Å². The van der Waals surface area contributed by atoms with Gasteiger partial charge in [-0.15, -0.1) is 0 Å². The zero-order valence-corrected chi connectivity index (χ0v) is 16.9. The summed E-state index contributed by atoms with van der Waals surface area (Å²) >= 11 is 0. The quantitative estimate of drug-likeness (QED) is 0.821. The highest BCUT2D eigenvalue weighted by Crippen LogP contribution is 2.53. The van der Waals surface area contributed by atoms with Gasteiger partial charge in [0.05, 0.1) is 0 Å². The molecule has 2 saturated carbocycles. The number of amides is 1. The molecule has 1 aromatic rings. The summed E-state index contributed by atoms with van der Waals surface area (Å²) in [4.78, 5) is 20.4. The molecule has 146 valence electrons. The smallest absolute Gasteiger partial charge is 0.226 e. The number of hydrogen-bond acceptors (Lipinski definition) is 3. The van der Waals surface area contributed by atoms with E-state index < -0.39 is 0 Å². The van der Waals surface area contributed by atoms with Gasteiger partial charge in [0.1, 0.15) is 0 Å². The second kappa shape index (κ2) is 6.80. The lowest BCUT2D eigenvalue weighted by atomic mass is 10.1. The van der Waals surface area contributed by atoms with E-state index in [1.807, 2.05) is 0 Å². The molecule has 1 aromatic carbocycles. The molecule has 2 aliphatic carbocycles. The lowest BCUT2D eigenvalue weighted by molar-refractivity contribution is -0.133. The number of anilines is 1. The molecule has 0 bridgehead atoms. The van der Waals surface area contributed by atoms with Crippen molar-refractivity contribution in [3.8, 4) is 0 Å². The summed E-state index contributed by atoms with van der Waals surface area (Å²) in [5.41, 5.74) is 3.99. The first kappa shape index (κ1) is 17.5. The highest BCUT2D eigenvalue weighted by molar-refractivity contribution is 5.83. The molecule has 2 heterocycles. The van der Waals surface area contributed by atoms with Crippen molar-refractivity contribution in [3.05, 3.63) is 29.3 Å². The van der Waals surface area contributed by atoms with E-state index in [-0.39, 0.29) is 0 Å². The Balaban J connectivity index is 1.15. The number of fused-ring (bicyclic) bond motifs is 1. The van der Waals surface area contributed by atoms with E-state index in [0.717, 1.165) is 32.2 Å². The van der Waals surface area contributed by atoms with E-state index in [1.165, 1.54) is 55.6 Å². The lowest BCUT2D eigenvalue weighted by Crippen LogP contribution is -2.50. The number of nitrogens with zero attached hydrogens (tertiary/aromatic N) is 3. The van der Waals surface area contributed by atoms with Crippen LogP contribution in [0.4, 0.5) is 5.69 Å². The first-order chi connectivity index (χ1) is 13.1. The molecule has 0 N–H and O–H groups in total. The van der Waals surface area contributed by atoms with Crippen LogP contribution in [-0.2, 0) is 4.79 Å². The third kappa shape index (κ3) is 3.16. The SMILES string of the molecule is Cc1ccc(C)c(N2CCN(C(=O)C3[C@H]4CN(C5CCCC5)C[C@@H]34)CC2)c1. The second-order valence-electron chi connectivity index (χ2n) is 9.35. The number of aryl methyl sites for hydroxylation is 2. The van der Waals surface area contributed by atoms with E-state index >= 15 is 0 Å². The Morgan fingerprint density at radius 2 is 1.63 bits per heavy atom. The third-order valence-corrected chi connectivity index (χ3v) is 7.65. The molecule has 0 aromatic heterocycles. The predicted octanol–water partition coefficient (Wildman–Crippen LogP) is 3.07. The maximum Gasteiger partial charge on any atom is 0.226 e. The Hall–Kier alpha value is -1.55. The molecule has 4 nitrogen and oxygen atoms in total. The van der Waals surface area contributed by atoms with Crippen molar-refractivity contribution in [2.24, 2.45) is 17.8 Å². The Morgan fingerprint density at radius 1 is 0.963 bits per heavy atom. The molecule has 4 heteroatoms. The van der Waals surface area contributed by atoms with Gasteiger partial charge in [0.25, 0.3) is 0 Å².